The first-order valence-electron chi connectivity index (χ1n) is 8.52. The van der Waals surface area contributed by atoms with Crippen LogP contribution in [0.3, 0.4) is 0 Å². The lowest BCUT2D eigenvalue weighted by Gasteiger charge is -2.32. The third-order valence-corrected chi connectivity index (χ3v) is 4.30. The first-order chi connectivity index (χ1) is 14.4. The monoisotopic (exact) mass is 450 g/mol. The highest BCUT2D eigenvalue weighted by atomic mass is 19.4. The van der Waals surface area contributed by atoms with Crippen LogP contribution in [0.4, 0.5) is 30.7 Å². The highest BCUT2D eigenvalue weighted by Gasteiger charge is 2.43. The normalized spacial score (nSPS) is 13.7. The van der Waals surface area contributed by atoms with Gasteiger partial charge in [-0.2, -0.15) is 4.80 Å². The molecule has 0 N–H and O–H groups in total. The van der Waals surface area contributed by atoms with E-state index in [0.717, 1.165) is 59.7 Å². The van der Waals surface area contributed by atoms with E-state index in [1.165, 1.54) is 6.92 Å². The zero-order valence-electron chi connectivity index (χ0n) is 15.5. The van der Waals surface area contributed by atoms with Crippen molar-refractivity contribution in [3.05, 3.63) is 66.0 Å². The Kier molecular flexibility index (Phi) is 5.79. The van der Waals surface area contributed by atoms with Gasteiger partial charge >= 0.3 is 12.7 Å². The zero-order valence-corrected chi connectivity index (χ0v) is 15.5. The van der Waals surface area contributed by atoms with Crippen molar-refractivity contribution in [2.24, 2.45) is 0 Å². The van der Waals surface area contributed by atoms with Crippen LogP contribution in [0.1, 0.15) is 24.1 Å². The summed E-state index contributed by atoms with van der Waals surface area (Å²) in [5.41, 5.74) is -2.69. The van der Waals surface area contributed by atoms with Gasteiger partial charge in [0.25, 0.3) is 0 Å². The van der Waals surface area contributed by atoms with E-state index in [-0.39, 0.29) is 11.1 Å². The van der Waals surface area contributed by atoms with Crippen LogP contribution in [0.2, 0.25) is 0 Å². The Hall–Kier alpha value is -3.38. The molecular weight excluding hydrogens is 437 g/mol. The lowest BCUT2D eigenvalue weighted by molar-refractivity contribution is -0.275. The van der Waals surface area contributed by atoms with Gasteiger partial charge in [-0.1, -0.05) is 24.3 Å². The van der Waals surface area contributed by atoms with Crippen molar-refractivity contribution in [1.82, 2.24) is 20.2 Å². The van der Waals surface area contributed by atoms with Gasteiger partial charge < -0.3 is 9.47 Å². The molecule has 3 rings (SSSR count). The number of ether oxygens (including phenoxy) is 2. The van der Waals surface area contributed by atoms with E-state index in [4.69, 9.17) is 0 Å². The number of hydrogen-bond acceptors (Lipinski definition) is 5. The summed E-state index contributed by atoms with van der Waals surface area (Å²) in [7, 11) is 0. The molecule has 13 heteroatoms. The SMILES string of the molecule is CC(n1ncnn1)C(F)(c1ccc(OC(F)(F)F)cc1)c1ccc(OC(F)(F)F)cc1. The molecule has 0 bridgehead atoms. The Morgan fingerprint density at radius 3 is 1.48 bits per heavy atom. The predicted molar refractivity (Wildman–Crippen MR) is 90.7 cm³/mol. The van der Waals surface area contributed by atoms with Gasteiger partial charge in [0.15, 0.2) is 12.0 Å². The molecule has 0 radical (unpaired) electrons. The van der Waals surface area contributed by atoms with Gasteiger partial charge in [-0.05, 0) is 47.5 Å². The lowest BCUT2D eigenvalue weighted by atomic mass is 9.82. The van der Waals surface area contributed by atoms with Crippen molar-refractivity contribution in [2.75, 3.05) is 0 Å². The van der Waals surface area contributed by atoms with Crippen molar-refractivity contribution in [3.63, 3.8) is 0 Å². The van der Waals surface area contributed by atoms with Crippen molar-refractivity contribution in [2.45, 2.75) is 31.4 Å². The summed E-state index contributed by atoms with van der Waals surface area (Å²) in [6, 6.07) is 6.74. The molecule has 1 aromatic heterocycles. The number of nitrogens with zero attached hydrogens (tertiary/aromatic N) is 4. The molecule has 0 aliphatic rings. The van der Waals surface area contributed by atoms with Gasteiger partial charge in [-0.15, -0.1) is 36.5 Å². The fourth-order valence-electron chi connectivity index (χ4n) is 2.96. The molecule has 0 aliphatic carbocycles. The molecule has 0 spiro atoms. The summed E-state index contributed by atoms with van der Waals surface area (Å²) in [6.07, 6.45) is -8.81. The van der Waals surface area contributed by atoms with Gasteiger partial charge in [0, 0.05) is 0 Å². The maximum Gasteiger partial charge on any atom is 0.573 e. The number of alkyl halides is 7. The third-order valence-electron chi connectivity index (χ3n) is 4.30. The first-order valence-corrected chi connectivity index (χ1v) is 8.52. The highest BCUT2D eigenvalue weighted by Crippen LogP contribution is 2.44. The number of rotatable bonds is 6. The molecule has 0 saturated heterocycles. The smallest absolute Gasteiger partial charge is 0.406 e. The fraction of sp³-hybridized carbons (Fsp3) is 0.278. The van der Waals surface area contributed by atoms with E-state index in [1.54, 1.807) is 0 Å². The topological polar surface area (TPSA) is 62.1 Å². The van der Waals surface area contributed by atoms with Gasteiger partial charge in [-0.3, -0.25) is 0 Å². The van der Waals surface area contributed by atoms with Crippen molar-refractivity contribution in [3.8, 4) is 11.5 Å². The van der Waals surface area contributed by atoms with Crippen LogP contribution in [0.5, 0.6) is 11.5 Å². The second kappa shape index (κ2) is 8.04. The molecule has 2 aromatic carbocycles. The van der Waals surface area contributed by atoms with E-state index >= 15 is 4.39 Å². The second-order valence-electron chi connectivity index (χ2n) is 6.29. The fourth-order valence-corrected chi connectivity index (χ4v) is 2.96. The van der Waals surface area contributed by atoms with Crippen molar-refractivity contribution >= 4 is 0 Å². The minimum absolute atomic E-state index is 0.115. The molecular formula is C18H13F7N4O2. The van der Waals surface area contributed by atoms with Crippen LogP contribution in [-0.2, 0) is 5.67 Å². The van der Waals surface area contributed by atoms with E-state index in [0.29, 0.717) is 0 Å². The number of halogens is 7. The molecule has 166 valence electrons. The highest BCUT2D eigenvalue weighted by molar-refractivity contribution is 5.42. The van der Waals surface area contributed by atoms with Crippen LogP contribution in [0.15, 0.2) is 54.9 Å². The third kappa shape index (κ3) is 5.22. The van der Waals surface area contributed by atoms with Crippen molar-refractivity contribution < 1.29 is 40.2 Å². The summed E-state index contributed by atoms with van der Waals surface area (Å²) in [6.45, 7) is 1.38. The number of aromatic nitrogens is 4. The number of hydrogen-bond donors (Lipinski definition) is 0. The first kappa shape index (κ1) is 22.3. The van der Waals surface area contributed by atoms with Gasteiger partial charge in [0.2, 0.25) is 0 Å². The summed E-state index contributed by atoms with van der Waals surface area (Å²) in [5.74, 6) is -1.14. The van der Waals surface area contributed by atoms with Crippen LogP contribution in [-0.4, -0.2) is 32.9 Å². The minimum atomic E-state index is -4.93. The van der Waals surface area contributed by atoms with Crippen LogP contribution >= 0.6 is 0 Å². The minimum Gasteiger partial charge on any atom is -0.406 e. The molecule has 1 heterocycles. The average molecular weight is 450 g/mol. The molecule has 1 unspecified atom stereocenters. The molecule has 1 atom stereocenters. The van der Waals surface area contributed by atoms with Crippen LogP contribution in [0.25, 0.3) is 0 Å². The van der Waals surface area contributed by atoms with E-state index in [2.05, 4.69) is 24.9 Å². The zero-order chi connectivity index (χ0) is 22.9. The maximum atomic E-state index is 16.5. The average Bonchev–Trinajstić information content (AvgIpc) is 3.20. The largest absolute Gasteiger partial charge is 0.573 e. The molecule has 31 heavy (non-hydrogen) atoms. The van der Waals surface area contributed by atoms with Gasteiger partial charge in [-0.25, -0.2) is 4.39 Å². The Labute approximate surface area is 170 Å². The van der Waals surface area contributed by atoms with E-state index in [9.17, 15) is 26.3 Å². The Morgan fingerprint density at radius 1 is 0.742 bits per heavy atom. The molecule has 0 saturated carbocycles. The maximum absolute atomic E-state index is 16.5. The summed E-state index contributed by atoms with van der Waals surface area (Å²) < 4.78 is 98.4. The predicted octanol–water partition coefficient (Wildman–Crippen LogP) is 4.94. The number of benzene rings is 2. The van der Waals surface area contributed by atoms with Crippen LogP contribution in [0, 0.1) is 0 Å². The summed E-state index contributed by atoms with van der Waals surface area (Å²) >= 11 is 0. The van der Waals surface area contributed by atoms with E-state index < -0.39 is 35.9 Å². The quantitative estimate of drug-likeness (QED) is 0.498. The molecule has 0 fully saturated rings. The Bertz CT molecular complexity index is 928. The standard InChI is InChI=1S/C18H13F7N4O2/c1-11(29-27-10-26-28-29)16(19,12-2-6-14(7-3-12)30-17(20,21)22)13-4-8-15(9-5-13)31-18(23,24)25/h2-11H,1H3. The Balaban J connectivity index is 2.02. The molecule has 0 amide bonds. The number of tetrazole rings is 1. The summed E-state index contributed by atoms with van der Waals surface area (Å²) in [4.78, 5) is 0.931. The van der Waals surface area contributed by atoms with Gasteiger partial charge in [0.1, 0.15) is 17.5 Å². The Morgan fingerprint density at radius 2 is 1.16 bits per heavy atom. The second-order valence-corrected chi connectivity index (χ2v) is 6.29. The molecule has 3 aromatic rings. The molecule has 6 nitrogen and oxygen atoms in total. The molecule has 0 aliphatic heterocycles. The van der Waals surface area contributed by atoms with Gasteiger partial charge in [0.05, 0.1) is 0 Å². The van der Waals surface area contributed by atoms with Crippen molar-refractivity contribution in [1.29, 1.82) is 0 Å². The summed E-state index contributed by atoms with van der Waals surface area (Å²) in [5, 5.41) is 10.9. The van der Waals surface area contributed by atoms with E-state index in [1.807, 2.05) is 0 Å². The lowest BCUT2D eigenvalue weighted by Crippen LogP contribution is -2.33. The van der Waals surface area contributed by atoms with Crippen LogP contribution < -0.4 is 9.47 Å².